The molecule has 1 unspecified atom stereocenters. The van der Waals surface area contributed by atoms with Crippen LogP contribution >= 0.6 is 7.82 Å². The van der Waals surface area contributed by atoms with Crippen molar-refractivity contribution in [1.29, 1.82) is 0 Å². The highest BCUT2D eigenvalue weighted by Gasteiger charge is 2.63. The Balaban J connectivity index is 2.33. The van der Waals surface area contributed by atoms with Crippen molar-refractivity contribution >= 4 is 26.1 Å². The van der Waals surface area contributed by atoms with Crippen LogP contribution in [0, 0.1) is 5.92 Å². The van der Waals surface area contributed by atoms with E-state index >= 15 is 0 Å². The molecule has 1 aliphatic heterocycles. The lowest BCUT2D eigenvalue weighted by atomic mass is 9.88. The quantitative estimate of drug-likeness (QED) is 0.0874. The molecule has 5 atom stereocenters. The first kappa shape index (κ1) is 41.7. The van der Waals surface area contributed by atoms with E-state index < -0.39 is 113 Å². The Morgan fingerprint density at radius 3 is 2.00 bits per heavy atom. The zero-order valence-electron chi connectivity index (χ0n) is 28.0. The number of esters is 1. The topological polar surface area (TPSA) is 262 Å². The summed E-state index contributed by atoms with van der Waals surface area (Å²) in [6.07, 6.45) is -6.95. The SMILES string of the molecule is CC(C)OC(=O)OCOP(=O)(OCOC(=O)OC(C)C)OC[C@@]1(CF)O[C@@H](n2ccc(=O)n(COC(=O)C(N)C(C)C)c2=O)[C@](C)(O)[C@@H]1O. The lowest BCUT2D eigenvalue weighted by molar-refractivity contribution is -0.151. The van der Waals surface area contributed by atoms with Gasteiger partial charge < -0.3 is 44.4 Å². The highest BCUT2D eigenvalue weighted by atomic mass is 31.2. The molecule has 0 saturated carbocycles. The van der Waals surface area contributed by atoms with Gasteiger partial charge in [0.05, 0.1) is 18.8 Å². The van der Waals surface area contributed by atoms with Crippen LogP contribution in [-0.2, 0) is 58.1 Å². The van der Waals surface area contributed by atoms with Crippen LogP contribution in [0.3, 0.4) is 0 Å². The fourth-order valence-corrected chi connectivity index (χ4v) is 4.99. The number of carbonyl (C=O) groups is 3. The van der Waals surface area contributed by atoms with Crippen molar-refractivity contribution in [3.8, 4) is 0 Å². The van der Waals surface area contributed by atoms with Gasteiger partial charge in [-0.2, -0.15) is 0 Å². The van der Waals surface area contributed by atoms with Crippen LogP contribution < -0.4 is 17.0 Å². The number of nitrogens with zero attached hydrogens (tertiary/aromatic N) is 2. The summed E-state index contributed by atoms with van der Waals surface area (Å²) >= 11 is 0. The second-order valence-corrected chi connectivity index (χ2v) is 13.4. The highest BCUT2D eigenvalue weighted by molar-refractivity contribution is 7.48. The first-order valence-electron chi connectivity index (χ1n) is 14.8. The van der Waals surface area contributed by atoms with Crippen LogP contribution in [0.1, 0.15) is 54.7 Å². The lowest BCUT2D eigenvalue weighted by Crippen LogP contribution is -2.53. The number of carbonyl (C=O) groups excluding carboxylic acids is 3. The number of rotatable bonds is 17. The molecular weight excluding hydrogens is 688 g/mol. The Hall–Kier alpha value is -3.43. The van der Waals surface area contributed by atoms with E-state index in [1.807, 2.05) is 0 Å². The van der Waals surface area contributed by atoms with Crippen molar-refractivity contribution in [2.75, 3.05) is 26.9 Å². The third-order valence-electron chi connectivity index (χ3n) is 6.70. The average Bonchev–Trinajstić information content (AvgIpc) is 3.19. The number of hydrogen-bond donors (Lipinski definition) is 3. The summed E-state index contributed by atoms with van der Waals surface area (Å²) in [6, 6.07) is -0.217. The van der Waals surface area contributed by atoms with Crippen molar-refractivity contribution in [2.24, 2.45) is 11.7 Å². The zero-order valence-corrected chi connectivity index (χ0v) is 28.9. The van der Waals surface area contributed by atoms with Crippen molar-refractivity contribution in [2.45, 2.75) is 97.0 Å². The van der Waals surface area contributed by atoms with E-state index in [0.29, 0.717) is 9.13 Å². The molecule has 1 aromatic heterocycles. The van der Waals surface area contributed by atoms with Gasteiger partial charge in [0, 0.05) is 12.3 Å². The van der Waals surface area contributed by atoms with Crippen LogP contribution in [-0.4, -0.2) is 100 Å². The van der Waals surface area contributed by atoms with E-state index in [-0.39, 0.29) is 5.92 Å². The van der Waals surface area contributed by atoms with E-state index in [0.717, 1.165) is 19.2 Å². The molecule has 2 heterocycles. The van der Waals surface area contributed by atoms with Gasteiger partial charge in [0.1, 0.15) is 24.4 Å². The Bertz CT molecular complexity index is 1430. The first-order chi connectivity index (χ1) is 22.7. The Kier molecular flexibility index (Phi) is 14.9. The zero-order chi connectivity index (χ0) is 37.3. The van der Waals surface area contributed by atoms with Crippen LogP contribution in [0.15, 0.2) is 21.9 Å². The van der Waals surface area contributed by atoms with E-state index in [1.165, 1.54) is 27.7 Å². The minimum atomic E-state index is -5.00. The number of ether oxygens (including phenoxy) is 6. The third-order valence-corrected chi connectivity index (χ3v) is 7.99. The summed E-state index contributed by atoms with van der Waals surface area (Å²) in [5.74, 6) is -1.24. The maximum atomic E-state index is 14.7. The summed E-state index contributed by atoms with van der Waals surface area (Å²) in [7, 11) is -5.00. The summed E-state index contributed by atoms with van der Waals surface area (Å²) in [6.45, 7) is 4.33. The molecule has 0 amide bonds. The monoisotopic (exact) mass is 731 g/mol. The summed E-state index contributed by atoms with van der Waals surface area (Å²) in [5.41, 5.74) is -1.50. The minimum absolute atomic E-state index is 0.329. The van der Waals surface area contributed by atoms with E-state index in [1.54, 1.807) is 13.8 Å². The lowest BCUT2D eigenvalue weighted by Gasteiger charge is -2.31. The van der Waals surface area contributed by atoms with Gasteiger partial charge in [-0.15, -0.1) is 0 Å². The molecule has 0 radical (unpaired) electrons. The molecule has 280 valence electrons. The van der Waals surface area contributed by atoms with Gasteiger partial charge in [-0.25, -0.2) is 37.0 Å². The molecular formula is C27H43FN3O17P. The van der Waals surface area contributed by atoms with Crippen LogP contribution in [0.2, 0.25) is 0 Å². The standard InChI is InChI=1S/C27H43FN3O17P/c1-15(2)19(29)20(33)40-12-31-18(32)8-9-30(23(31)35)22-26(7,38)21(34)27(10-28,48-22)11-43-49(39,44-13-41-24(36)46-16(3)4)45-14-42-25(37)47-17(5)6/h8-9,15-17,19,21-22,34,38H,10-14,29H2,1-7H3/t19?,21-,22+,26+,27+/m0/s1. The molecule has 0 aromatic carbocycles. The number of aromatic nitrogens is 2. The number of hydrogen-bond acceptors (Lipinski definition) is 18. The van der Waals surface area contributed by atoms with Crippen LogP contribution in [0.4, 0.5) is 14.0 Å². The number of aliphatic hydroxyl groups is 2. The van der Waals surface area contributed by atoms with Gasteiger partial charge in [0.2, 0.25) is 13.6 Å². The molecule has 1 fully saturated rings. The average molecular weight is 732 g/mol. The van der Waals surface area contributed by atoms with Crippen LogP contribution in [0.5, 0.6) is 0 Å². The minimum Gasteiger partial charge on any atom is -0.442 e. The van der Waals surface area contributed by atoms with Crippen molar-refractivity contribution < 1.29 is 75.5 Å². The van der Waals surface area contributed by atoms with Crippen molar-refractivity contribution in [1.82, 2.24) is 9.13 Å². The molecule has 2 rings (SSSR count). The summed E-state index contributed by atoms with van der Waals surface area (Å²) in [5, 5.41) is 22.3. The molecule has 1 aromatic rings. The van der Waals surface area contributed by atoms with Gasteiger partial charge in [0.25, 0.3) is 5.56 Å². The Labute approximate surface area is 279 Å². The molecule has 0 aliphatic carbocycles. The van der Waals surface area contributed by atoms with Crippen molar-refractivity contribution in [3.63, 3.8) is 0 Å². The number of phosphoric acid groups is 1. The third kappa shape index (κ3) is 11.0. The molecule has 1 saturated heterocycles. The largest absolute Gasteiger partial charge is 0.510 e. The number of alkyl halides is 1. The highest BCUT2D eigenvalue weighted by Crippen LogP contribution is 2.52. The van der Waals surface area contributed by atoms with Gasteiger partial charge in [-0.3, -0.25) is 18.7 Å². The maximum Gasteiger partial charge on any atom is 0.510 e. The van der Waals surface area contributed by atoms with Crippen molar-refractivity contribution in [3.05, 3.63) is 33.1 Å². The molecule has 0 bridgehead atoms. The molecule has 1 aliphatic rings. The Morgan fingerprint density at radius 2 is 1.53 bits per heavy atom. The normalized spacial score (nSPS) is 23.1. The van der Waals surface area contributed by atoms with Gasteiger partial charge in [-0.1, -0.05) is 13.8 Å². The molecule has 22 heteroatoms. The second-order valence-electron chi connectivity index (χ2n) is 11.8. The predicted octanol–water partition coefficient (Wildman–Crippen LogP) is 1.04. The maximum absolute atomic E-state index is 14.7. The summed E-state index contributed by atoms with van der Waals surface area (Å²) < 4.78 is 73.6. The molecule has 0 spiro atoms. The predicted molar refractivity (Wildman–Crippen MR) is 160 cm³/mol. The molecule has 49 heavy (non-hydrogen) atoms. The van der Waals surface area contributed by atoms with E-state index in [2.05, 4.69) is 9.47 Å². The molecule has 4 N–H and O–H groups in total. The fraction of sp³-hybridized carbons (Fsp3) is 0.741. The fourth-order valence-electron chi connectivity index (χ4n) is 4.02. The van der Waals surface area contributed by atoms with Gasteiger partial charge >= 0.3 is 31.8 Å². The van der Waals surface area contributed by atoms with E-state index in [9.17, 15) is 43.1 Å². The van der Waals surface area contributed by atoms with E-state index in [4.69, 9.17) is 38.3 Å². The number of phosphoric ester groups is 1. The van der Waals surface area contributed by atoms with Gasteiger partial charge in [-0.05, 0) is 40.5 Å². The Morgan fingerprint density at radius 1 is 1.00 bits per heavy atom. The van der Waals surface area contributed by atoms with Crippen LogP contribution in [0.25, 0.3) is 0 Å². The summed E-state index contributed by atoms with van der Waals surface area (Å²) in [4.78, 5) is 61.4. The smallest absolute Gasteiger partial charge is 0.442 e. The number of halogens is 1. The molecule has 20 nitrogen and oxygen atoms in total. The van der Waals surface area contributed by atoms with Gasteiger partial charge in [0.15, 0.2) is 18.6 Å². The first-order valence-corrected chi connectivity index (χ1v) is 16.2. The number of aliphatic hydroxyl groups excluding tert-OH is 1. The second kappa shape index (κ2) is 17.5. The number of nitrogens with two attached hydrogens (primary N) is 1.